The second kappa shape index (κ2) is 43.8. The summed E-state index contributed by atoms with van der Waals surface area (Å²) in [5, 5.41) is 17.0. The first-order chi connectivity index (χ1) is 57.4. The lowest BCUT2D eigenvalue weighted by molar-refractivity contribution is -0.112. The number of fused-ring (bicyclic) bond motifs is 4. The molecule has 660 valence electrons. The molecule has 0 radical (unpaired) electrons. The van der Waals surface area contributed by atoms with E-state index in [-0.39, 0.29) is 37.0 Å². The third-order valence-electron chi connectivity index (χ3n) is 33.1. The predicted molar refractivity (Wildman–Crippen MR) is 497 cm³/mol. The number of nitrogens with one attached hydrogen (secondary N) is 6. The van der Waals surface area contributed by atoms with E-state index in [9.17, 15) is 24.0 Å². The maximum absolute atomic E-state index is 11.8. The van der Waals surface area contributed by atoms with Crippen LogP contribution in [0.2, 0.25) is 0 Å². The van der Waals surface area contributed by atoms with Crippen molar-refractivity contribution in [3.8, 4) is 0 Å². The van der Waals surface area contributed by atoms with Crippen LogP contribution in [-0.2, 0) is 32.5 Å². The van der Waals surface area contributed by atoms with E-state index in [1.165, 1.54) is 240 Å². The van der Waals surface area contributed by atoms with Crippen LogP contribution in [0.3, 0.4) is 0 Å². The summed E-state index contributed by atoms with van der Waals surface area (Å²) in [6, 6.07) is 41.2. The SMILES string of the molecule is C.CCC(CCc1ccc(C(=O)NC)cc1)C12CC3CC(CC(C3)C1)C2.CCC(N(C)Cc1ccc(C(=O)NC)cc1)C12CC3CC(CC(C3)C1)C2.CCCCCN(Cc1ccc(C(=O)NC)cc1)CC1CCC2CC1C2(C)C.CNC(=O)c1ccc(CCCC2CCCCC2)cc1.CNC(=O)c1ccc(CNCC2CCC3CC2C3(C)C)cc1. The maximum Gasteiger partial charge on any atom is 0.251 e. The Balaban J connectivity index is 0.000000147. The molecule has 120 heavy (non-hydrogen) atoms. The molecule has 0 saturated heterocycles. The molecule has 0 spiro atoms. The van der Waals surface area contributed by atoms with E-state index >= 15 is 0 Å². The summed E-state index contributed by atoms with van der Waals surface area (Å²) in [6.45, 7) is 23.4. The minimum absolute atomic E-state index is 0. The highest BCUT2D eigenvalue weighted by molar-refractivity contribution is 5.96. The van der Waals surface area contributed by atoms with E-state index < -0.39 is 0 Å². The molecule has 20 rings (SSSR count). The summed E-state index contributed by atoms with van der Waals surface area (Å²) in [6.07, 6.45) is 46.6. The second-order valence-electron chi connectivity index (χ2n) is 41.3. The summed E-state index contributed by atoms with van der Waals surface area (Å²) < 4.78 is 0. The van der Waals surface area contributed by atoms with E-state index in [1.807, 2.05) is 72.8 Å². The molecule has 12 bridgehead atoms. The van der Waals surface area contributed by atoms with Crippen molar-refractivity contribution in [2.75, 3.05) is 61.9 Å². The molecular weight excluding hydrogens is 1480 g/mol. The minimum atomic E-state index is -0.0246. The quantitative estimate of drug-likeness (QED) is 0.0239. The number of rotatable bonds is 31. The van der Waals surface area contributed by atoms with E-state index in [1.54, 1.807) is 35.2 Å². The van der Waals surface area contributed by atoms with Gasteiger partial charge in [-0.15, -0.1) is 0 Å². The number of nitrogens with zero attached hydrogens (tertiary/aromatic N) is 2. The average Bonchev–Trinajstić information content (AvgIpc) is 0.709. The van der Waals surface area contributed by atoms with Crippen LogP contribution < -0.4 is 31.9 Å². The molecule has 0 aliphatic heterocycles. The summed E-state index contributed by atoms with van der Waals surface area (Å²) in [7, 11) is 10.7. The Bertz CT molecular complexity index is 3940. The van der Waals surface area contributed by atoms with Crippen LogP contribution in [0.4, 0.5) is 0 Å². The van der Waals surface area contributed by atoms with Gasteiger partial charge in [0.1, 0.15) is 0 Å². The molecule has 13 heteroatoms. The van der Waals surface area contributed by atoms with Gasteiger partial charge < -0.3 is 31.9 Å². The molecule has 15 fully saturated rings. The highest BCUT2D eigenvalue weighted by Gasteiger charge is 2.57. The highest BCUT2D eigenvalue weighted by atomic mass is 16.2. The standard InChI is InChI=1S/C24H38N2O.C23H34N2O.C23H33NO.C19H28N2O.C17H25NO.CH4/c1-5-6-7-14-26(16-18-8-10-19(11-9-18)23(27)25-4)17-20-12-13-21-15-22(20)24(21,2)3;1-4-21(23-12-17-9-18(13-23)11-19(10-17)14-23)25(3)15-16-5-7-20(8-6-16)22(26)24-2;1-3-21(9-6-16-4-7-20(8-5-16)22(25)24-2)23-13-17-10-18(14-23)12-19(11-17)15-23;1-19(2)16-9-8-15(17(19)10-16)12-21-11-13-4-6-14(7-5-13)18(22)20-3;1-18-17(19)16-12-10-15(11-13-16)9-5-8-14-6-3-2-4-7-14;/h8-11,20-22H,5-7,12-17H2,1-4H3,(H,25,27);5-8,17-19,21H,4,9-15H2,1-3H3,(H,24,26);4-5,7-8,17-19,21H,3,6,9-15H2,1-2H3,(H,24,25);4-7,15-17,21H,8-12H2,1-3H3,(H,20,22);10-14H,2-9H2,1H3,(H,18,19);1H4. The maximum atomic E-state index is 11.8. The van der Waals surface area contributed by atoms with Gasteiger partial charge in [0.05, 0.1) is 0 Å². The minimum Gasteiger partial charge on any atom is -0.355 e. The van der Waals surface area contributed by atoms with E-state index in [0.29, 0.717) is 27.7 Å². The number of amides is 5. The smallest absolute Gasteiger partial charge is 0.251 e. The number of hydrogen-bond donors (Lipinski definition) is 6. The van der Waals surface area contributed by atoms with Crippen LogP contribution in [0.1, 0.15) is 335 Å². The van der Waals surface area contributed by atoms with Gasteiger partial charge in [0, 0.05) is 95.3 Å². The third kappa shape index (κ3) is 23.7. The topological polar surface area (TPSA) is 164 Å². The Morgan fingerprint density at radius 2 is 0.800 bits per heavy atom. The molecule has 0 heterocycles. The third-order valence-corrected chi connectivity index (χ3v) is 33.1. The van der Waals surface area contributed by atoms with Gasteiger partial charge in [-0.05, 0) is 367 Å². The zero-order chi connectivity index (χ0) is 84.4. The molecule has 15 aliphatic carbocycles. The fourth-order valence-electron chi connectivity index (χ4n) is 27.1. The van der Waals surface area contributed by atoms with Gasteiger partial charge in [-0.3, -0.25) is 33.8 Å². The molecule has 0 aromatic heterocycles. The Labute approximate surface area is 727 Å². The van der Waals surface area contributed by atoms with Crippen molar-refractivity contribution in [1.29, 1.82) is 0 Å². The largest absolute Gasteiger partial charge is 0.355 e. The van der Waals surface area contributed by atoms with Crippen molar-refractivity contribution < 1.29 is 24.0 Å². The lowest BCUT2D eigenvalue weighted by atomic mass is 9.45. The van der Waals surface area contributed by atoms with Gasteiger partial charge in [0.15, 0.2) is 0 Å². The molecule has 8 unspecified atom stereocenters. The summed E-state index contributed by atoms with van der Waals surface area (Å²) in [5.74, 6) is 13.5. The molecule has 15 saturated carbocycles. The summed E-state index contributed by atoms with van der Waals surface area (Å²) in [5.41, 5.74) is 12.7. The first kappa shape index (κ1) is 94.0. The van der Waals surface area contributed by atoms with Crippen molar-refractivity contribution in [2.45, 2.75) is 293 Å². The monoisotopic (exact) mass is 1640 g/mol. The van der Waals surface area contributed by atoms with Gasteiger partial charge >= 0.3 is 0 Å². The molecule has 5 amide bonds. The Morgan fingerprint density at radius 3 is 1.19 bits per heavy atom. The average molecular weight is 1640 g/mol. The van der Waals surface area contributed by atoms with Crippen LogP contribution in [0.5, 0.6) is 0 Å². The van der Waals surface area contributed by atoms with Gasteiger partial charge in [0.25, 0.3) is 29.5 Å². The summed E-state index contributed by atoms with van der Waals surface area (Å²) in [4.78, 5) is 63.4. The fourth-order valence-corrected chi connectivity index (χ4v) is 27.1. The molecule has 8 atom stereocenters. The van der Waals surface area contributed by atoms with Crippen LogP contribution in [0.25, 0.3) is 0 Å². The van der Waals surface area contributed by atoms with Gasteiger partial charge in [0.2, 0.25) is 0 Å². The number of carbonyl (C=O) groups excluding carboxylic acids is 5. The second-order valence-corrected chi connectivity index (χ2v) is 41.3. The van der Waals surface area contributed by atoms with Gasteiger partial charge in [-0.2, -0.15) is 0 Å². The summed E-state index contributed by atoms with van der Waals surface area (Å²) >= 11 is 0. The van der Waals surface area contributed by atoms with E-state index in [0.717, 1.165) is 150 Å². The Morgan fingerprint density at radius 1 is 0.417 bits per heavy atom. The molecular formula is C107H162N8O5. The van der Waals surface area contributed by atoms with Crippen LogP contribution >= 0.6 is 0 Å². The number of benzene rings is 5. The van der Waals surface area contributed by atoms with Gasteiger partial charge in [-0.1, -0.05) is 174 Å². The first-order valence-electron chi connectivity index (χ1n) is 48.1. The van der Waals surface area contributed by atoms with E-state index in [2.05, 4.69) is 146 Å². The Hall–Kier alpha value is -6.67. The highest BCUT2D eigenvalue weighted by Crippen LogP contribution is 2.66. The number of aryl methyl sites for hydroxylation is 2. The normalized spacial score (nSPS) is 28.0. The van der Waals surface area contributed by atoms with Crippen molar-refractivity contribution in [1.82, 2.24) is 41.7 Å². The lowest BCUT2D eigenvalue weighted by Gasteiger charge is -2.61. The predicted octanol–water partition coefficient (Wildman–Crippen LogP) is 22.6. The zero-order valence-electron chi connectivity index (χ0n) is 76.2. The lowest BCUT2D eigenvalue weighted by Crippen LogP contribution is -2.55. The van der Waals surface area contributed by atoms with Crippen molar-refractivity contribution >= 4 is 29.5 Å². The first-order valence-corrected chi connectivity index (χ1v) is 48.1. The fraction of sp³-hybridized carbons (Fsp3) is 0.673. The van der Waals surface area contributed by atoms with Crippen LogP contribution in [-0.4, -0.2) is 107 Å². The van der Waals surface area contributed by atoms with Crippen molar-refractivity contribution in [2.24, 2.45) is 105 Å². The molecule has 15 aliphatic rings. The molecule has 13 nitrogen and oxygen atoms in total. The molecule has 5 aromatic rings. The van der Waals surface area contributed by atoms with Crippen molar-refractivity contribution in [3.05, 3.63) is 177 Å². The van der Waals surface area contributed by atoms with Crippen molar-refractivity contribution in [3.63, 3.8) is 0 Å². The van der Waals surface area contributed by atoms with Gasteiger partial charge in [-0.25, -0.2) is 0 Å². The number of carbonyl (C=O) groups is 5. The van der Waals surface area contributed by atoms with Crippen LogP contribution in [0.15, 0.2) is 121 Å². The number of hydrogen-bond acceptors (Lipinski definition) is 8. The molecule has 6 N–H and O–H groups in total. The molecule has 5 aromatic carbocycles. The zero-order valence-corrected chi connectivity index (χ0v) is 76.2. The number of unbranched alkanes of at least 4 members (excludes halogenated alkanes) is 2. The van der Waals surface area contributed by atoms with Crippen LogP contribution in [0, 0.1) is 105 Å². The van der Waals surface area contributed by atoms with E-state index in [4.69, 9.17) is 0 Å². The Kier molecular flexibility index (Phi) is 34.3.